The molecule has 0 bridgehead atoms. The van der Waals surface area contributed by atoms with Gasteiger partial charge in [-0.05, 0) is 89.2 Å². The van der Waals surface area contributed by atoms with Gasteiger partial charge in [0.15, 0.2) is 12.8 Å². The number of aromatic hydroxyl groups is 1. The number of phenols is 1. The number of rotatable bonds is 15. The van der Waals surface area contributed by atoms with Crippen LogP contribution in [0.25, 0.3) is 0 Å². The molecule has 1 heterocycles. The second kappa shape index (κ2) is 16.9. The summed E-state index contributed by atoms with van der Waals surface area (Å²) in [6, 6.07) is 21.4. The quantitative estimate of drug-likeness (QED) is 0.0849. The van der Waals surface area contributed by atoms with Gasteiger partial charge in [0.1, 0.15) is 23.1 Å². The van der Waals surface area contributed by atoms with Gasteiger partial charge in [0.25, 0.3) is 5.91 Å². The molecule has 0 aliphatic carbocycles. The molecule has 4 rings (SSSR count). The fourth-order valence-corrected chi connectivity index (χ4v) is 5.17. The van der Waals surface area contributed by atoms with E-state index >= 15 is 0 Å². The van der Waals surface area contributed by atoms with Crippen molar-refractivity contribution in [2.75, 3.05) is 40.3 Å². The Bertz CT molecular complexity index is 1760. The Kier molecular flexibility index (Phi) is 12.5. The molecule has 3 N–H and O–H groups in total. The smallest absolute Gasteiger partial charge is 0.419 e. The highest BCUT2D eigenvalue weighted by molar-refractivity contribution is 6.05. The minimum Gasteiger partial charge on any atom is -0.506 e. The first kappa shape index (κ1) is 36.1. The zero-order valence-corrected chi connectivity index (χ0v) is 28.9. The number of aromatic nitrogens is 1. The van der Waals surface area contributed by atoms with E-state index in [1.807, 2.05) is 81.1 Å². The SMILES string of the molecule is C=CN(CC)c1ccc(N(C(=O)OCC)c2cc(NCOc3ccccc3)c(O)cc2NC(=O)C(CC)Oc2ccc(C)cc2C)c(C)n1. The molecule has 0 aliphatic heterocycles. The summed E-state index contributed by atoms with van der Waals surface area (Å²) >= 11 is 0. The number of phenolic OH excluding ortho intramolecular Hbond substituents is 1. The standard InChI is InChI=1S/C38H45N5O6/c1-8-34(49-35-19-17-25(5)21-26(35)6)37(45)41-29-23-33(44)30(39-24-48-28-15-13-12-14-16-28)22-32(29)43(38(46)47-11-4)31-18-20-36(40-27(31)7)42(9-2)10-3/h9,12-23,34,39,44H,2,8,10-11,24H2,1,3-7H3,(H,41,45). The molecular formula is C38H45N5O6. The summed E-state index contributed by atoms with van der Waals surface area (Å²) in [5.41, 5.74) is 3.53. The zero-order chi connectivity index (χ0) is 35.5. The maximum Gasteiger partial charge on any atom is 0.419 e. The number of para-hydroxylation sites is 1. The number of anilines is 5. The van der Waals surface area contributed by atoms with E-state index in [0.29, 0.717) is 41.7 Å². The van der Waals surface area contributed by atoms with Gasteiger partial charge in [-0.2, -0.15) is 0 Å². The van der Waals surface area contributed by atoms with E-state index in [1.165, 1.54) is 11.0 Å². The summed E-state index contributed by atoms with van der Waals surface area (Å²) in [5.74, 6) is 1.22. The van der Waals surface area contributed by atoms with E-state index in [4.69, 9.17) is 19.2 Å². The Labute approximate surface area is 288 Å². The predicted octanol–water partition coefficient (Wildman–Crippen LogP) is 8.22. The van der Waals surface area contributed by atoms with Crippen molar-refractivity contribution in [3.8, 4) is 17.2 Å². The average Bonchev–Trinajstić information content (AvgIpc) is 3.08. The fraction of sp³-hybridized carbons (Fsp3) is 0.289. The summed E-state index contributed by atoms with van der Waals surface area (Å²) < 4.78 is 17.5. The molecule has 1 unspecified atom stereocenters. The maximum atomic E-state index is 13.8. The first-order chi connectivity index (χ1) is 23.6. The number of benzene rings is 3. The molecule has 0 saturated heterocycles. The van der Waals surface area contributed by atoms with Crippen LogP contribution in [-0.2, 0) is 9.53 Å². The summed E-state index contributed by atoms with van der Waals surface area (Å²) in [4.78, 5) is 35.5. The highest BCUT2D eigenvalue weighted by atomic mass is 16.6. The number of carbonyl (C=O) groups excluding carboxylic acids is 2. The minimum absolute atomic E-state index is 0.00740. The molecule has 0 radical (unpaired) electrons. The van der Waals surface area contributed by atoms with Gasteiger partial charge in [0, 0.05) is 12.6 Å². The molecule has 4 aromatic rings. The fourth-order valence-electron chi connectivity index (χ4n) is 5.17. The monoisotopic (exact) mass is 667 g/mol. The maximum absolute atomic E-state index is 13.8. The van der Waals surface area contributed by atoms with E-state index in [1.54, 1.807) is 38.2 Å². The van der Waals surface area contributed by atoms with Crippen molar-refractivity contribution in [3.05, 3.63) is 102 Å². The van der Waals surface area contributed by atoms with Crippen molar-refractivity contribution < 1.29 is 28.9 Å². The third-order valence-electron chi connectivity index (χ3n) is 7.71. The number of nitrogens with zero attached hydrogens (tertiary/aromatic N) is 3. The highest BCUT2D eigenvalue weighted by Gasteiger charge is 2.29. The van der Waals surface area contributed by atoms with Crippen LogP contribution in [0.15, 0.2) is 85.6 Å². The van der Waals surface area contributed by atoms with Gasteiger partial charge in [0.2, 0.25) is 0 Å². The summed E-state index contributed by atoms with van der Waals surface area (Å²) in [6.45, 7) is 15.8. The van der Waals surface area contributed by atoms with Crippen molar-refractivity contribution >= 4 is 40.6 Å². The molecule has 11 nitrogen and oxygen atoms in total. The highest BCUT2D eigenvalue weighted by Crippen LogP contribution is 2.41. The van der Waals surface area contributed by atoms with Crippen molar-refractivity contribution in [2.24, 2.45) is 0 Å². The minimum atomic E-state index is -0.869. The summed E-state index contributed by atoms with van der Waals surface area (Å²) in [5, 5.41) is 17.1. The first-order valence-corrected chi connectivity index (χ1v) is 16.3. The number of ether oxygens (including phenoxy) is 3. The number of hydrogen-bond donors (Lipinski definition) is 3. The molecular weight excluding hydrogens is 622 g/mol. The Morgan fingerprint density at radius 3 is 2.35 bits per heavy atom. The van der Waals surface area contributed by atoms with Crippen molar-refractivity contribution in [2.45, 2.75) is 54.1 Å². The Morgan fingerprint density at radius 2 is 1.71 bits per heavy atom. The van der Waals surface area contributed by atoms with Crippen LogP contribution >= 0.6 is 0 Å². The Morgan fingerprint density at radius 1 is 0.959 bits per heavy atom. The number of hydrogen-bond acceptors (Lipinski definition) is 9. The molecule has 49 heavy (non-hydrogen) atoms. The van der Waals surface area contributed by atoms with Gasteiger partial charge in [-0.1, -0.05) is 49.4 Å². The van der Waals surface area contributed by atoms with Crippen LogP contribution in [0.3, 0.4) is 0 Å². The van der Waals surface area contributed by atoms with Crippen LogP contribution in [-0.4, -0.2) is 48.1 Å². The third-order valence-corrected chi connectivity index (χ3v) is 7.71. The van der Waals surface area contributed by atoms with Crippen molar-refractivity contribution in [3.63, 3.8) is 0 Å². The lowest BCUT2D eigenvalue weighted by Crippen LogP contribution is -2.34. The third kappa shape index (κ3) is 9.01. The Hall–Kier alpha value is -5.71. The molecule has 3 aromatic carbocycles. The molecule has 0 saturated carbocycles. The summed E-state index contributed by atoms with van der Waals surface area (Å²) in [7, 11) is 0. The molecule has 2 amide bonds. The molecule has 1 atom stereocenters. The number of carbonyl (C=O) groups is 2. The van der Waals surface area contributed by atoms with Crippen LogP contribution in [0.1, 0.15) is 44.0 Å². The van der Waals surface area contributed by atoms with Gasteiger partial charge in [-0.3, -0.25) is 4.79 Å². The predicted molar refractivity (Wildman–Crippen MR) is 194 cm³/mol. The van der Waals surface area contributed by atoms with Gasteiger partial charge in [-0.25, -0.2) is 14.7 Å². The van der Waals surface area contributed by atoms with Crippen LogP contribution in [0.4, 0.5) is 33.4 Å². The zero-order valence-electron chi connectivity index (χ0n) is 28.9. The van der Waals surface area contributed by atoms with E-state index in [-0.39, 0.29) is 36.1 Å². The molecule has 11 heteroatoms. The molecule has 0 aliphatic rings. The molecule has 0 spiro atoms. The lowest BCUT2D eigenvalue weighted by atomic mass is 10.1. The normalized spacial score (nSPS) is 11.2. The number of amides is 2. The van der Waals surface area contributed by atoms with Crippen molar-refractivity contribution in [1.29, 1.82) is 0 Å². The van der Waals surface area contributed by atoms with E-state index < -0.39 is 18.1 Å². The van der Waals surface area contributed by atoms with Crippen LogP contribution in [0.2, 0.25) is 0 Å². The second-order valence-corrected chi connectivity index (χ2v) is 11.2. The van der Waals surface area contributed by atoms with Crippen LogP contribution in [0.5, 0.6) is 17.2 Å². The second-order valence-electron chi connectivity index (χ2n) is 11.2. The molecule has 0 fully saturated rings. The first-order valence-electron chi connectivity index (χ1n) is 16.3. The van der Waals surface area contributed by atoms with Gasteiger partial charge < -0.3 is 34.9 Å². The lowest BCUT2D eigenvalue weighted by Gasteiger charge is -2.28. The largest absolute Gasteiger partial charge is 0.506 e. The van der Waals surface area contributed by atoms with Crippen molar-refractivity contribution in [1.82, 2.24) is 4.98 Å². The lowest BCUT2D eigenvalue weighted by molar-refractivity contribution is -0.122. The summed E-state index contributed by atoms with van der Waals surface area (Å²) in [6.07, 6.45) is 0.465. The van der Waals surface area contributed by atoms with Crippen LogP contribution in [0, 0.1) is 20.8 Å². The number of pyridine rings is 1. The number of aryl methyl sites for hydroxylation is 3. The van der Waals surface area contributed by atoms with Gasteiger partial charge >= 0.3 is 6.09 Å². The average molecular weight is 668 g/mol. The van der Waals surface area contributed by atoms with E-state index in [2.05, 4.69) is 17.2 Å². The van der Waals surface area contributed by atoms with Crippen LogP contribution < -0.4 is 29.9 Å². The van der Waals surface area contributed by atoms with E-state index in [9.17, 15) is 14.7 Å². The molecule has 1 aromatic heterocycles. The van der Waals surface area contributed by atoms with Gasteiger partial charge in [0.05, 0.1) is 35.1 Å². The molecule has 258 valence electrons. The Balaban J connectivity index is 1.78. The number of nitrogens with one attached hydrogen (secondary N) is 2. The van der Waals surface area contributed by atoms with E-state index in [0.717, 1.165) is 11.1 Å². The topological polar surface area (TPSA) is 125 Å². The van der Waals surface area contributed by atoms with Gasteiger partial charge in [-0.15, -0.1) is 0 Å².